The number of hydrogen-bond acceptors (Lipinski definition) is 4. The number of likely N-dealkylation sites (N-methyl/N-ethyl adjacent to an activating group) is 1. The van der Waals surface area contributed by atoms with E-state index in [4.69, 9.17) is 5.11 Å². The number of allylic oxidation sites excluding steroid dienone is 1. The number of thioether (sulfide) groups is 1. The van der Waals surface area contributed by atoms with Crippen LogP contribution in [0, 0.1) is 0 Å². The average Bonchev–Trinajstić information content (AvgIpc) is 2.23. The summed E-state index contributed by atoms with van der Waals surface area (Å²) in [6.45, 7) is 7.35. The summed E-state index contributed by atoms with van der Waals surface area (Å²) in [7, 11) is 2.08. The molecule has 1 aliphatic heterocycles. The maximum atomic E-state index is 8.64. The molecule has 0 fully saturated rings. The van der Waals surface area contributed by atoms with Crippen LogP contribution in [0.2, 0.25) is 0 Å². The van der Waals surface area contributed by atoms with Crippen LogP contribution in [0.4, 0.5) is 0 Å². The van der Waals surface area contributed by atoms with Gasteiger partial charge in [-0.1, -0.05) is 13.8 Å². The average molecular weight is 218 g/mol. The molecule has 1 unspecified atom stereocenters. The van der Waals surface area contributed by atoms with E-state index >= 15 is 0 Å². The van der Waals surface area contributed by atoms with E-state index in [9.17, 15) is 0 Å². The fourth-order valence-electron chi connectivity index (χ4n) is 1.06. The van der Waals surface area contributed by atoms with Gasteiger partial charge < -0.3 is 15.3 Å². The van der Waals surface area contributed by atoms with Crippen molar-refractivity contribution in [2.45, 2.75) is 26.1 Å². The summed E-state index contributed by atoms with van der Waals surface area (Å²) in [5.74, 6) is 0.804. The molecule has 1 atom stereocenters. The highest BCUT2D eigenvalue weighted by atomic mass is 32.2. The summed E-state index contributed by atoms with van der Waals surface area (Å²) < 4.78 is 0. The summed E-state index contributed by atoms with van der Waals surface area (Å²) in [5, 5.41) is 12.3. The van der Waals surface area contributed by atoms with E-state index < -0.39 is 0 Å². The standard InChI is InChI=1S/C8H16N2OS.C2H6/c1-7-5-9-8(6-10(7)2)12-4-3-11;1-2/h5,8-9,11H,3-4,6H2,1-2H3;1-2H3. The SMILES string of the molecule is CC.CC1=CNC(SCCO)CN1C. The fourth-order valence-corrected chi connectivity index (χ4v) is 1.95. The van der Waals surface area contributed by atoms with Crippen LogP contribution in [0.15, 0.2) is 11.9 Å². The van der Waals surface area contributed by atoms with Crippen LogP contribution in [0.1, 0.15) is 20.8 Å². The summed E-state index contributed by atoms with van der Waals surface area (Å²) >= 11 is 1.76. The maximum absolute atomic E-state index is 8.64. The number of hydrogen-bond donors (Lipinski definition) is 2. The molecule has 0 aromatic carbocycles. The van der Waals surface area contributed by atoms with E-state index in [0.717, 1.165) is 12.3 Å². The Morgan fingerprint density at radius 2 is 2.29 bits per heavy atom. The molecule has 14 heavy (non-hydrogen) atoms. The lowest BCUT2D eigenvalue weighted by atomic mass is 10.4. The molecule has 0 saturated carbocycles. The van der Waals surface area contributed by atoms with Gasteiger partial charge in [-0.2, -0.15) is 0 Å². The largest absolute Gasteiger partial charge is 0.396 e. The second-order valence-corrected chi connectivity index (χ2v) is 4.23. The Balaban J connectivity index is 0.000000791. The summed E-state index contributed by atoms with van der Waals surface area (Å²) in [4.78, 5) is 2.21. The van der Waals surface area contributed by atoms with Gasteiger partial charge in [0.25, 0.3) is 0 Å². The highest BCUT2D eigenvalue weighted by molar-refractivity contribution is 7.99. The minimum absolute atomic E-state index is 0.259. The van der Waals surface area contributed by atoms with E-state index in [0.29, 0.717) is 5.37 Å². The molecule has 84 valence electrons. The van der Waals surface area contributed by atoms with Gasteiger partial charge in [0.2, 0.25) is 0 Å². The van der Waals surface area contributed by atoms with E-state index in [1.165, 1.54) is 5.70 Å². The van der Waals surface area contributed by atoms with Crippen molar-refractivity contribution < 1.29 is 5.11 Å². The van der Waals surface area contributed by atoms with E-state index in [1.54, 1.807) is 11.8 Å². The second-order valence-electron chi connectivity index (χ2n) is 2.92. The normalized spacial score (nSPS) is 20.5. The molecule has 0 aliphatic carbocycles. The van der Waals surface area contributed by atoms with Gasteiger partial charge in [-0.15, -0.1) is 11.8 Å². The third kappa shape index (κ3) is 4.77. The summed E-state index contributed by atoms with van der Waals surface area (Å²) in [6.07, 6.45) is 2.03. The Morgan fingerprint density at radius 1 is 1.64 bits per heavy atom. The van der Waals surface area contributed by atoms with Gasteiger partial charge in [0.1, 0.15) is 0 Å². The van der Waals surface area contributed by atoms with Crippen molar-refractivity contribution in [2.24, 2.45) is 0 Å². The van der Waals surface area contributed by atoms with Crippen molar-refractivity contribution in [2.75, 3.05) is 26.0 Å². The maximum Gasteiger partial charge on any atom is 0.0895 e. The Bertz CT molecular complexity index is 174. The van der Waals surface area contributed by atoms with Gasteiger partial charge in [-0.05, 0) is 6.92 Å². The monoisotopic (exact) mass is 218 g/mol. The number of aliphatic hydroxyl groups excluding tert-OH is 1. The highest BCUT2D eigenvalue weighted by Gasteiger charge is 2.14. The topological polar surface area (TPSA) is 35.5 Å². The molecule has 0 radical (unpaired) electrons. The van der Waals surface area contributed by atoms with E-state index in [-0.39, 0.29) is 6.61 Å². The van der Waals surface area contributed by atoms with Crippen LogP contribution >= 0.6 is 11.8 Å². The molecule has 0 aromatic heterocycles. The van der Waals surface area contributed by atoms with Crippen LogP contribution in [-0.4, -0.2) is 41.3 Å². The molecule has 0 bridgehead atoms. The zero-order valence-corrected chi connectivity index (χ0v) is 10.4. The molecule has 1 heterocycles. The lowest BCUT2D eigenvalue weighted by Gasteiger charge is -2.31. The molecule has 2 N–H and O–H groups in total. The first kappa shape index (κ1) is 13.7. The minimum atomic E-state index is 0.259. The predicted octanol–water partition coefficient (Wildman–Crippen LogP) is 1.46. The van der Waals surface area contributed by atoms with Crippen LogP contribution in [0.25, 0.3) is 0 Å². The van der Waals surface area contributed by atoms with Crippen LogP contribution in [0.5, 0.6) is 0 Å². The quantitative estimate of drug-likeness (QED) is 0.752. The van der Waals surface area contributed by atoms with Gasteiger partial charge in [-0.25, -0.2) is 0 Å². The van der Waals surface area contributed by atoms with Gasteiger partial charge in [0, 0.05) is 31.2 Å². The van der Waals surface area contributed by atoms with Crippen molar-refractivity contribution in [3.8, 4) is 0 Å². The molecule has 0 aromatic rings. The van der Waals surface area contributed by atoms with Crippen molar-refractivity contribution in [1.82, 2.24) is 10.2 Å². The number of nitrogens with one attached hydrogen (secondary N) is 1. The number of nitrogens with zero attached hydrogens (tertiary/aromatic N) is 1. The van der Waals surface area contributed by atoms with Gasteiger partial charge in [-0.3, -0.25) is 0 Å². The second kappa shape index (κ2) is 8.00. The van der Waals surface area contributed by atoms with Crippen molar-refractivity contribution >= 4 is 11.8 Å². The first-order valence-corrected chi connectivity index (χ1v) is 6.15. The zero-order chi connectivity index (χ0) is 11.0. The minimum Gasteiger partial charge on any atom is -0.396 e. The molecule has 0 spiro atoms. The molecular formula is C10H22N2OS. The van der Waals surface area contributed by atoms with Crippen molar-refractivity contribution in [3.05, 3.63) is 11.9 Å². The third-order valence-electron chi connectivity index (χ3n) is 1.93. The van der Waals surface area contributed by atoms with E-state index in [2.05, 4.69) is 24.2 Å². The van der Waals surface area contributed by atoms with Crippen molar-refractivity contribution in [1.29, 1.82) is 0 Å². The third-order valence-corrected chi connectivity index (χ3v) is 3.04. The van der Waals surface area contributed by atoms with Gasteiger partial charge >= 0.3 is 0 Å². The molecule has 1 rings (SSSR count). The zero-order valence-electron chi connectivity index (χ0n) is 9.58. The van der Waals surface area contributed by atoms with Crippen LogP contribution in [0.3, 0.4) is 0 Å². The first-order valence-electron chi connectivity index (χ1n) is 5.10. The van der Waals surface area contributed by atoms with Crippen LogP contribution in [-0.2, 0) is 0 Å². The highest BCUT2D eigenvalue weighted by Crippen LogP contribution is 2.15. The van der Waals surface area contributed by atoms with Gasteiger partial charge in [0.15, 0.2) is 0 Å². The molecule has 0 saturated heterocycles. The Hall–Kier alpha value is -0.350. The van der Waals surface area contributed by atoms with Crippen LogP contribution < -0.4 is 5.32 Å². The Kier molecular flexibility index (Phi) is 7.80. The van der Waals surface area contributed by atoms with E-state index in [1.807, 2.05) is 20.0 Å². The molecule has 0 amide bonds. The lowest BCUT2D eigenvalue weighted by Crippen LogP contribution is -2.39. The molecule has 4 heteroatoms. The predicted molar refractivity (Wildman–Crippen MR) is 64.2 cm³/mol. The Labute approximate surface area is 91.6 Å². The summed E-state index contributed by atoms with van der Waals surface area (Å²) in [5.41, 5.74) is 1.26. The van der Waals surface area contributed by atoms with Gasteiger partial charge in [0.05, 0.1) is 12.0 Å². The first-order chi connectivity index (χ1) is 6.74. The van der Waals surface area contributed by atoms with Crippen molar-refractivity contribution in [3.63, 3.8) is 0 Å². The molecule has 1 aliphatic rings. The fraction of sp³-hybridized carbons (Fsp3) is 0.800. The lowest BCUT2D eigenvalue weighted by molar-refractivity contribution is 0.321. The Morgan fingerprint density at radius 3 is 2.79 bits per heavy atom. The number of aliphatic hydroxyl groups is 1. The number of rotatable bonds is 3. The summed E-state index contributed by atoms with van der Waals surface area (Å²) in [6, 6.07) is 0. The molecular weight excluding hydrogens is 196 g/mol. The smallest absolute Gasteiger partial charge is 0.0895 e. The molecule has 3 nitrogen and oxygen atoms in total.